The number of carbonyl (C=O) groups is 2. The van der Waals surface area contributed by atoms with E-state index < -0.39 is 17.3 Å². The maximum atomic E-state index is 14.7. The number of likely N-dealkylation sites (tertiary alicyclic amines) is 1. The number of thiophene rings is 1. The van der Waals surface area contributed by atoms with Crippen LogP contribution in [0.3, 0.4) is 0 Å². The molecule has 11 heteroatoms. The first kappa shape index (κ1) is 25.7. The molecule has 0 saturated carbocycles. The lowest BCUT2D eigenvalue weighted by molar-refractivity contribution is 0.0183. The van der Waals surface area contributed by atoms with Crippen molar-refractivity contribution in [3.8, 4) is 11.8 Å². The zero-order chi connectivity index (χ0) is 25.9. The van der Waals surface area contributed by atoms with Crippen LogP contribution in [0.2, 0.25) is 5.02 Å². The average molecular weight is 530 g/mol. The number of piperidine rings is 1. The van der Waals surface area contributed by atoms with Gasteiger partial charge in [-0.2, -0.15) is 5.10 Å². The average Bonchev–Trinajstić information content (AvgIpc) is 3.48. The molecule has 36 heavy (non-hydrogen) atoms. The van der Waals surface area contributed by atoms with Crippen LogP contribution in [0.5, 0.6) is 0 Å². The topological polar surface area (TPSA) is 89.4 Å². The number of anilines is 1. The number of nitrogens with zero attached hydrogens (tertiary/aromatic N) is 4. The smallest absolute Gasteiger partial charge is 0.410 e. The molecule has 0 bridgehead atoms. The Morgan fingerprint density at radius 1 is 1.25 bits per heavy atom. The third-order valence-corrected chi connectivity index (χ3v) is 6.41. The highest BCUT2D eigenvalue weighted by molar-refractivity contribution is 7.10. The van der Waals surface area contributed by atoms with E-state index in [9.17, 15) is 14.0 Å². The largest absolute Gasteiger partial charge is 0.444 e. The maximum absolute atomic E-state index is 14.7. The molecule has 0 atom stereocenters. The standard InChI is InChI=1S/C25H25ClFN5O3S/c1-25(2,3)35-24(34)31-10-8-17(9-11-31)32-21(19(26)15-29-32)23(33)30-22-20(27)13-16(14-28-22)6-7-18-5-4-12-36-18/h4-5,12-15,17H,8-11H2,1-3H3,(H,28,30,33). The molecule has 1 aliphatic heterocycles. The van der Waals surface area contributed by atoms with Crippen molar-refractivity contribution in [3.63, 3.8) is 0 Å². The number of pyridine rings is 1. The lowest BCUT2D eigenvalue weighted by Gasteiger charge is -2.33. The van der Waals surface area contributed by atoms with Gasteiger partial charge in [-0.3, -0.25) is 9.48 Å². The van der Waals surface area contributed by atoms with Gasteiger partial charge in [0.15, 0.2) is 11.6 Å². The highest BCUT2D eigenvalue weighted by Crippen LogP contribution is 2.28. The number of hydrogen-bond acceptors (Lipinski definition) is 6. The number of amides is 2. The Balaban J connectivity index is 1.43. The number of rotatable bonds is 3. The van der Waals surface area contributed by atoms with E-state index in [1.54, 1.807) is 4.90 Å². The predicted octanol–water partition coefficient (Wildman–Crippen LogP) is 5.36. The summed E-state index contributed by atoms with van der Waals surface area (Å²) in [6, 6.07) is 4.80. The van der Waals surface area contributed by atoms with E-state index in [1.165, 1.54) is 34.5 Å². The van der Waals surface area contributed by atoms with Crippen LogP contribution in [0.4, 0.5) is 15.0 Å². The molecule has 188 valence electrons. The van der Waals surface area contributed by atoms with Gasteiger partial charge in [0.05, 0.1) is 22.1 Å². The van der Waals surface area contributed by atoms with Gasteiger partial charge in [-0.15, -0.1) is 11.3 Å². The van der Waals surface area contributed by atoms with Crippen LogP contribution in [0, 0.1) is 17.7 Å². The van der Waals surface area contributed by atoms with Gasteiger partial charge in [0, 0.05) is 24.8 Å². The molecular weight excluding hydrogens is 505 g/mol. The van der Waals surface area contributed by atoms with Gasteiger partial charge in [0.25, 0.3) is 5.91 Å². The Morgan fingerprint density at radius 3 is 2.64 bits per heavy atom. The molecule has 0 radical (unpaired) electrons. The van der Waals surface area contributed by atoms with Gasteiger partial charge in [-0.25, -0.2) is 14.2 Å². The molecule has 1 saturated heterocycles. The number of halogens is 2. The minimum Gasteiger partial charge on any atom is -0.444 e. The summed E-state index contributed by atoms with van der Waals surface area (Å²) in [5.41, 5.74) is -0.0822. The van der Waals surface area contributed by atoms with Crippen LogP contribution in [-0.4, -0.2) is 50.4 Å². The summed E-state index contributed by atoms with van der Waals surface area (Å²) in [6.07, 6.45) is 3.51. The summed E-state index contributed by atoms with van der Waals surface area (Å²) in [4.78, 5) is 31.9. The van der Waals surface area contributed by atoms with Crippen molar-refractivity contribution < 1.29 is 18.7 Å². The first-order valence-corrected chi connectivity index (χ1v) is 12.6. The van der Waals surface area contributed by atoms with Crippen molar-refractivity contribution in [1.82, 2.24) is 19.7 Å². The second-order valence-electron chi connectivity index (χ2n) is 9.22. The Kier molecular flexibility index (Phi) is 7.62. The lowest BCUT2D eigenvalue weighted by atomic mass is 10.1. The van der Waals surface area contributed by atoms with Gasteiger partial charge >= 0.3 is 6.09 Å². The number of carbonyl (C=O) groups excluding carboxylic acids is 2. The molecule has 4 heterocycles. The van der Waals surface area contributed by atoms with Crippen molar-refractivity contribution in [3.05, 3.63) is 62.9 Å². The number of nitrogens with one attached hydrogen (secondary N) is 1. The van der Waals surface area contributed by atoms with E-state index in [1.807, 2.05) is 38.3 Å². The van der Waals surface area contributed by atoms with E-state index in [2.05, 4.69) is 27.2 Å². The van der Waals surface area contributed by atoms with E-state index in [-0.39, 0.29) is 28.7 Å². The molecule has 3 aromatic heterocycles. The monoisotopic (exact) mass is 529 g/mol. The molecule has 4 rings (SSSR count). The van der Waals surface area contributed by atoms with Gasteiger partial charge < -0.3 is 15.0 Å². The minimum absolute atomic E-state index is 0.107. The Morgan fingerprint density at radius 2 is 2.00 bits per heavy atom. The Labute approximate surface area is 217 Å². The molecule has 0 unspecified atom stereocenters. The SMILES string of the molecule is CC(C)(C)OC(=O)N1CCC(n2ncc(Cl)c2C(=O)Nc2ncc(C#Cc3cccs3)cc2F)CC1. The molecule has 0 aromatic carbocycles. The molecule has 0 aliphatic carbocycles. The van der Waals surface area contributed by atoms with Crippen molar-refractivity contribution in [2.75, 3.05) is 18.4 Å². The molecule has 1 aliphatic rings. The molecule has 1 N–H and O–H groups in total. The molecule has 0 spiro atoms. The van der Waals surface area contributed by atoms with Crippen molar-refractivity contribution in [1.29, 1.82) is 0 Å². The Bertz CT molecular complexity index is 1320. The summed E-state index contributed by atoms with van der Waals surface area (Å²) in [5.74, 6) is 4.22. The zero-order valence-electron chi connectivity index (χ0n) is 20.0. The number of hydrogen-bond donors (Lipinski definition) is 1. The predicted molar refractivity (Wildman–Crippen MR) is 136 cm³/mol. The number of ether oxygens (including phenoxy) is 1. The van der Waals surface area contributed by atoms with E-state index >= 15 is 0 Å². The molecule has 1 fully saturated rings. The van der Waals surface area contributed by atoms with E-state index in [0.717, 1.165) is 4.88 Å². The highest BCUT2D eigenvalue weighted by Gasteiger charge is 2.30. The molecule has 8 nitrogen and oxygen atoms in total. The Hall–Kier alpha value is -3.42. The second-order valence-corrected chi connectivity index (χ2v) is 10.6. The summed E-state index contributed by atoms with van der Waals surface area (Å²) < 4.78 is 21.6. The summed E-state index contributed by atoms with van der Waals surface area (Å²) >= 11 is 7.76. The normalized spacial score (nSPS) is 14.2. The highest BCUT2D eigenvalue weighted by atomic mass is 35.5. The van der Waals surface area contributed by atoms with Crippen molar-refractivity contribution in [2.45, 2.75) is 45.3 Å². The van der Waals surface area contributed by atoms with Crippen molar-refractivity contribution in [2.24, 2.45) is 0 Å². The van der Waals surface area contributed by atoms with Crippen LogP contribution < -0.4 is 5.32 Å². The fraction of sp³-hybridized carbons (Fsp3) is 0.360. The zero-order valence-corrected chi connectivity index (χ0v) is 21.6. The summed E-state index contributed by atoms with van der Waals surface area (Å²) in [5, 5.41) is 8.80. The van der Waals surface area contributed by atoms with Crippen LogP contribution in [0.15, 0.2) is 36.0 Å². The quantitative estimate of drug-likeness (QED) is 0.462. The fourth-order valence-electron chi connectivity index (χ4n) is 3.70. The maximum Gasteiger partial charge on any atom is 0.410 e. The van der Waals surface area contributed by atoms with Crippen LogP contribution in [0.25, 0.3) is 0 Å². The van der Waals surface area contributed by atoms with E-state index in [0.29, 0.717) is 31.5 Å². The van der Waals surface area contributed by atoms with Crippen molar-refractivity contribution >= 4 is 40.8 Å². The van der Waals surface area contributed by atoms with Gasteiger partial charge in [0.2, 0.25) is 0 Å². The summed E-state index contributed by atoms with van der Waals surface area (Å²) in [7, 11) is 0. The second kappa shape index (κ2) is 10.7. The first-order chi connectivity index (χ1) is 17.1. The lowest BCUT2D eigenvalue weighted by Crippen LogP contribution is -2.42. The first-order valence-electron chi connectivity index (χ1n) is 11.3. The van der Waals surface area contributed by atoms with Gasteiger partial charge in [-0.05, 0) is 51.1 Å². The van der Waals surface area contributed by atoms with Gasteiger partial charge in [-0.1, -0.05) is 29.5 Å². The molecule has 3 aromatic rings. The van der Waals surface area contributed by atoms with Crippen LogP contribution in [-0.2, 0) is 4.74 Å². The summed E-state index contributed by atoms with van der Waals surface area (Å²) in [6.45, 7) is 6.35. The third kappa shape index (κ3) is 6.22. The van der Waals surface area contributed by atoms with E-state index in [4.69, 9.17) is 16.3 Å². The number of aromatic nitrogens is 3. The fourth-order valence-corrected chi connectivity index (χ4v) is 4.49. The van der Waals surface area contributed by atoms with Crippen LogP contribution in [0.1, 0.15) is 60.6 Å². The van der Waals surface area contributed by atoms with Crippen LogP contribution >= 0.6 is 22.9 Å². The van der Waals surface area contributed by atoms with Gasteiger partial charge in [0.1, 0.15) is 11.3 Å². The molecule has 2 amide bonds. The minimum atomic E-state index is -0.714. The third-order valence-electron chi connectivity index (χ3n) is 5.35. The molecular formula is C25H25ClFN5O3S.